The number of hydrogen-bond donors (Lipinski definition) is 0. The largest absolute Gasteiger partial charge is 0.311 e. The molecule has 4 rings (SSSR count). The van der Waals surface area contributed by atoms with Crippen LogP contribution in [-0.4, -0.2) is 14.1 Å². The molecule has 0 aliphatic carbocycles. The zero-order valence-electron chi connectivity index (χ0n) is 17.7. The summed E-state index contributed by atoms with van der Waals surface area (Å²) in [4.78, 5) is 2.20. The van der Waals surface area contributed by atoms with Gasteiger partial charge in [-0.1, -0.05) is 53.5 Å². The summed E-state index contributed by atoms with van der Waals surface area (Å²) >= 11 is 12.2. The van der Waals surface area contributed by atoms with Gasteiger partial charge in [0.25, 0.3) is 0 Å². The summed E-state index contributed by atoms with van der Waals surface area (Å²) in [7, 11) is 4.47. The van der Waals surface area contributed by atoms with Crippen LogP contribution < -0.4 is 9.38 Å². The zero-order chi connectivity index (χ0) is 21.8. The van der Waals surface area contributed by atoms with Gasteiger partial charge in [-0.25, -0.2) is 0 Å². The summed E-state index contributed by atoms with van der Waals surface area (Å²) in [6.45, 7) is 0.909. The van der Waals surface area contributed by atoms with Crippen LogP contribution in [0.3, 0.4) is 0 Å². The fraction of sp³-hybridized carbons (Fsp3) is 0.111. The van der Waals surface area contributed by atoms with E-state index < -0.39 is 0 Å². The monoisotopic (exact) mass is 447 g/mol. The van der Waals surface area contributed by atoms with Crippen LogP contribution in [-0.2, 0) is 6.54 Å². The van der Waals surface area contributed by atoms with Crippen molar-refractivity contribution in [3.05, 3.63) is 119 Å². The molecule has 0 amide bonds. The predicted molar refractivity (Wildman–Crippen MR) is 135 cm³/mol. The maximum atomic E-state index is 6.12. The smallest absolute Gasteiger partial charge is 0.132 e. The van der Waals surface area contributed by atoms with Crippen LogP contribution in [0, 0.1) is 0 Å². The molecule has 156 valence electrons. The molecule has 0 unspecified atom stereocenters. The SMILES string of the molecule is C[N+](C)(Cc1ccc(N(c2ccc(Cl)cc2)c2ccc(Cl)cc2)cc1)c1ccccc1. The minimum atomic E-state index is 0.719. The topological polar surface area (TPSA) is 3.24 Å². The number of rotatable bonds is 6. The Labute approximate surface area is 194 Å². The van der Waals surface area contributed by atoms with Gasteiger partial charge in [0.1, 0.15) is 12.2 Å². The average molecular weight is 448 g/mol. The maximum Gasteiger partial charge on any atom is 0.132 e. The molecule has 0 saturated carbocycles. The standard InChI is InChI=1S/C27H25Cl2N2/c1-31(2,27-6-4-3-5-7-27)20-21-8-14-24(15-9-21)30(25-16-10-22(28)11-17-25)26-18-12-23(29)13-19-26/h3-19H,20H2,1-2H3/q+1. The van der Waals surface area contributed by atoms with Crippen molar-refractivity contribution in [1.82, 2.24) is 4.48 Å². The van der Waals surface area contributed by atoms with Crippen LogP contribution >= 0.6 is 23.2 Å². The van der Waals surface area contributed by atoms with Crippen molar-refractivity contribution in [2.45, 2.75) is 6.54 Å². The number of nitrogens with zero attached hydrogens (tertiary/aromatic N) is 2. The van der Waals surface area contributed by atoms with Crippen LogP contribution in [0.15, 0.2) is 103 Å². The van der Waals surface area contributed by atoms with Gasteiger partial charge < -0.3 is 4.90 Å². The molecule has 4 aromatic rings. The van der Waals surface area contributed by atoms with Crippen molar-refractivity contribution >= 4 is 46.0 Å². The molecule has 0 saturated heterocycles. The first kappa shape index (κ1) is 21.5. The third kappa shape index (κ3) is 5.11. The molecule has 4 heteroatoms. The van der Waals surface area contributed by atoms with Gasteiger partial charge >= 0.3 is 0 Å². The van der Waals surface area contributed by atoms with E-state index in [0.717, 1.165) is 38.1 Å². The fourth-order valence-corrected chi connectivity index (χ4v) is 4.01. The zero-order valence-corrected chi connectivity index (χ0v) is 19.2. The van der Waals surface area contributed by atoms with E-state index in [-0.39, 0.29) is 0 Å². The van der Waals surface area contributed by atoms with Gasteiger partial charge in [0, 0.05) is 32.7 Å². The van der Waals surface area contributed by atoms with Crippen LogP contribution in [0.1, 0.15) is 5.56 Å². The molecule has 0 aromatic heterocycles. The minimum absolute atomic E-state index is 0.719. The molecule has 0 fully saturated rings. The Bertz CT molecular complexity index is 1080. The third-order valence-electron chi connectivity index (χ3n) is 5.40. The van der Waals surface area contributed by atoms with Crippen molar-refractivity contribution in [1.29, 1.82) is 0 Å². The lowest BCUT2D eigenvalue weighted by molar-refractivity contribution is 0.392. The van der Waals surface area contributed by atoms with E-state index in [1.54, 1.807) is 0 Å². The molecule has 31 heavy (non-hydrogen) atoms. The number of hydrogen-bond acceptors (Lipinski definition) is 1. The van der Waals surface area contributed by atoms with E-state index in [0.29, 0.717) is 0 Å². The number of halogens is 2. The molecule has 0 spiro atoms. The highest BCUT2D eigenvalue weighted by Gasteiger charge is 2.19. The van der Waals surface area contributed by atoms with E-state index in [1.165, 1.54) is 11.3 Å². The molecule has 4 aromatic carbocycles. The lowest BCUT2D eigenvalue weighted by Crippen LogP contribution is -2.39. The molecular weight excluding hydrogens is 423 g/mol. The van der Waals surface area contributed by atoms with Crippen molar-refractivity contribution in [2.24, 2.45) is 0 Å². The van der Waals surface area contributed by atoms with E-state index in [1.807, 2.05) is 48.5 Å². The first-order chi connectivity index (χ1) is 14.9. The van der Waals surface area contributed by atoms with Crippen molar-refractivity contribution in [3.63, 3.8) is 0 Å². The summed E-state index contributed by atoms with van der Waals surface area (Å²) in [6.07, 6.45) is 0. The number of benzene rings is 4. The predicted octanol–water partition coefficient (Wildman–Crippen LogP) is 8.23. The summed E-state index contributed by atoms with van der Waals surface area (Å²) in [5.74, 6) is 0. The Morgan fingerprint density at radius 3 is 1.45 bits per heavy atom. The summed E-state index contributed by atoms with van der Waals surface area (Å²) in [5, 5.41) is 1.44. The second-order valence-corrected chi connectivity index (χ2v) is 9.01. The number of para-hydroxylation sites is 1. The number of anilines is 3. The van der Waals surface area contributed by atoms with E-state index in [9.17, 15) is 0 Å². The molecular formula is C27H25Cl2N2+. The molecule has 0 radical (unpaired) electrons. The molecule has 0 heterocycles. The molecule has 0 atom stereocenters. The summed E-state index contributed by atoms with van der Waals surface area (Å²) < 4.78 is 0.790. The molecule has 0 N–H and O–H groups in total. The highest BCUT2D eigenvalue weighted by molar-refractivity contribution is 6.31. The molecule has 0 aliphatic rings. The van der Waals surface area contributed by atoms with Gasteiger partial charge in [-0.3, -0.25) is 4.48 Å². The van der Waals surface area contributed by atoms with Gasteiger partial charge in [0.15, 0.2) is 0 Å². The number of quaternary nitrogens is 1. The maximum absolute atomic E-state index is 6.12. The fourth-order valence-electron chi connectivity index (χ4n) is 3.76. The normalized spacial score (nSPS) is 11.4. The van der Waals surface area contributed by atoms with Gasteiger partial charge in [-0.2, -0.15) is 0 Å². The second-order valence-electron chi connectivity index (χ2n) is 8.13. The Morgan fingerprint density at radius 1 is 0.581 bits per heavy atom. The van der Waals surface area contributed by atoms with Crippen molar-refractivity contribution in [3.8, 4) is 0 Å². The molecule has 0 bridgehead atoms. The van der Waals surface area contributed by atoms with Crippen molar-refractivity contribution in [2.75, 3.05) is 19.0 Å². The van der Waals surface area contributed by atoms with Crippen molar-refractivity contribution < 1.29 is 0 Å². The van der Waals surface area contributed by atoms with Gasteiger partial charge in [-0.15, -0.1) is 0 Å². The second kappa shape index (κ2) is 9.15. The van der Waals surface area contributed by atoms with Crippen LogP contribution in [0.5, 0.6) is 0 Å². The highest BCUT2D eigenvalue weighted by Crippen LogP contribution is 2.36. The van der Waals surface area contributed by atoms with Gasteiger partial charge in [0.05, 0.1) is 14.1 Å². The Morgan fingerprint density at radius 2 is 1.00 bits per heavy atom. The Balaban J connectivity index is 1.65. The Hall–Kier alpha value is -2.78. The van der Waals surface area contributed by atoms with Crippen LogP contribution in [0.2, 0.25) is 10.0 Å². The van der Waals surface area contributed by atoms with Crippen LogP contribution in [0.25, 0.3) is 0 Å². The van der Waals surface area contributed by atoms with Gasteiger partial charge in [0.2, 0.25) is 0 Å². The molecule has 2 nitrogen and oxygen atoms in total. The molecule has 0 aliphatic heterocycles. The van der Waals surface area contributed by atoms with E-state index in [4.69, 9.17) is 23.2 Å². The lowest BCUT2D eigenvalue weighted by Gasteiger charge is -2.30. The van der Waals surface area contributed by atoms with Gasteiger partial charge in [-0.05, 0) is 72.8 Å². The minimum Gasteiger partial charge on any atom is -0.311 e. The average Bonchev–Trinajstić information content (AvgIpc) is 2.78. The summed E-state index contributed by atoms with van der Waals surface area (Å²) in [5.41, 5.74) is 5.73. The lowest BCUT2D eigenvalue weighted by atomic mass is 10.1. The first-order valence-electron chi connectivity index (χ1n) is 10.2. The van der Waals surface area contributed by atoms with Crippen LogP contribution in [0.4, 0.5) is 22.7 Å². The third-order valence-corrected chi connectivity index (χ3v) is 5.90. The van der Waals surface area contributed by atoms with E-state index >= 15 is 0 Å². The summed E-state index contributed by atoms with van der Waals surface area (Å²) in [6, 6.07) is 35.1. The van der Waals surface area contributed by atoms with E-state index in [2.05, 4.69) is 73.6 Å². The first-order valence-corrected chi connectivity index (χ1v) is 11.0. The highest BCUT2D eigenvalue weighted by atomic mass is 35.5. The quantitative estimate of drug-likeness (QED) is 0.269. The Kier molecular flexibility index (Phi) is 6.33.